The molecule has 2 nitrogen and oxygen atoms in total. The Balaban J connectivity index is 1.81. The molecule has 0 bridgehead atoms. The molecule has 0 radical (unpaired) electrons. The Morgan fingerprint density at radius 2 is 1.15 bits per heavy atom. The van der Waals surface area contributed by atoms with Gasteiger partial charge in [0.05, 0.1) is 22.4 Å². The third kappa shape index (κ3) is 2.98. The smallest absolute Gasteiger partial charge is 0.0983 e. The maximum Gasteiger partial charge on any atom is 0.0983 e. The van der Waals surface area contributed by atoms with Crippen molar-refractivity contribution in [1.29, 1.82) is 0 Å². The topological polar surface area (TPSA) is 25.8 Å². The van der Waals surface area contributed by atoms with Crippen molar-refractivity contribution in [3.63, 3.8) is 0 Å². The standard InChI is InChI=1S/C24H15IN2/c25-20-15-22(17-9-5-2-6-10-17)27-24-19(20)13-11-18-12-14-21(26-23(18)24)16-7-3-1-4-8-16/h1-15H. The van der Waals surface area contributed by atoms with Crippen LogP contribution in [0, 0.1) is 3.57 Å². The first kappa shape index (κ1) is 16.4. The van der Waals surface area contributed by atoms with Crippen LogP contribution in [-0.4, -0.2) is 9.97 Å². The van der Waals surface area contributed by atoms with E-state index in [0.29, 0.717) is 0 Å². The van der Waals surface area contributed by atoms with Crippen LogP contribution < -0.4 is 0 Å². The molecule has 5 rings (SSSR count). The molecular weight excluding hydrogens is 443 g/mol. The number of benzene rings is 3. The molecule has 0 atom stereocenters. The molecule has 0 aliphatic carbocycles. The molecule has 128 valence electrons. The molecule has 0 N–H and O–H groups in total. The second-order valence-electron chi connectivity index (χ2n) is 6.45. The van der Waals surface area contributed by atoms with Crippen LogP contribution in [0.5, 0.6) is 0 Å². The van der Waals surface area contributed by atoms with Gasteiger partial charge in [0, 0.05) is 25.5 Å². The molecule has 0 aliphatic rings. The average Bonchev–Trinajstić information content (AvgIpc) is 2.74. The molecule has 2 heterocycles. The summed E-state index contributed by atoms with van der Waals surface area (Å²) >= 11 is 2.40. The number of hydrogen-bond acceptors (Lipinski definition) is 2. The lowest BCUT2D eigenvalue weighted by Crippen LogP contribution is -1.93. The van der Waals surface area contributed by atoms with E-state index in [9.17, 15) is 0 Å². The summed E-state index contributed by atoms with van der Waals surface area (Å²) in [5.74, 6) is 0. The van der Waals surface area contributed by atoms with E-state index in [1.165, 1.54) is 3.57 Å². The molecule has 0 saturated heterocycles. The second-order valence-corrected chi connectivity index (χ2v) is 7.61. The van der Waals surface area contributed by atoms with Gasteiger partial charge in [0.2, 0.25) is 0 Å². The minimum absolute atomic E-state index is 0.949. The van der Waals surface area contributed by atoms with Gasteiger partial charge in [-0.25, -0.2) is 9.97 Å². The maximum absolute atomic E-state index is 5.00. The molecule has 0 spiro atoms. The first-order valence-corrected chi connectivity index (χ1v) is 9.88. The van der Waals surface area contributed by atoms with Crippen LogP contribution in [-0.2, 0) is 0 Å². The third-order valence-corrected chi connectivity index (χ3v) is 5.62. The predicted molar refractivity (Wildman–Crippen MR) is 121 cm³/mol. The average molecular weight is 458 g/mol. The number of halogens is 1. The van der Waals surface area contributed by atoms with E-state index < -0.39 is 0 Å². The van der Waals surface area contributed by atoms with Crippen LogP contribution >= 0.6 is 22.6 Å². The lowest BCUT2D eigenvalue weighted by Gasteiger charge is -2.09. The van der Waals surface area contributed by atoms with Crippen molar-refractivity contribution in [2.24, 2.45) is 0 Å². The SMILES string of the molecule is Ic1cc(-c2ccccc2)nc2c1ccc1ccc(-c3ccccc3)nc12. The Morgan fingerprint density at radius 3 is 1.85 bits per heavy atom. The molecular formula is C24H15IN2. The fourth-order valence-corrected chi connectivity index (χ4v) is 4.09. The summed E-state index contributed by atoms with van der Waals surface area (Å²) in [4.78, 5) is 9.99. The van der Waals surface area contributed by atoms with Crippen molar-refractivity contribution in [3.05, 3.63) is 94.6 Å². The fraction of sp³-hybridized carbons (Fsp3) is 0. The number of hydrogen-bond donors (Lipinski definition) is 0. The summed E-state index contributed by atoms with van der Waals surface area (Å²) in [6, 6.07) is 31.2. The number of pyridine rings is 2. The zero-order chi connectivity index (χ0) is 18.2. The molecule has 0 saturated carbocycles. The van der Waals surface area contributed by atoms with Crippen molar-refractivity contribution in [1.82, 2.24) is 9.97 Å². The van der Waals surface area contributed by atoms with Gasteiger partial charge in [0.15, 0.2) is 0 Å². The van der Waals surface area contributed by atoms with E-state index in [4.69, 9.17) is 9.97 Å². The number of rotatable bonds is 2. The summed E-state index contributed by atoms with van der Waals surface area (Å²) in [6.45, 7) is 0. The van der Waals surface area contributed by atoms with Gasteiger partial charge in [-0.05, 0) is 34.7 Å². The summed E-state index contributed by atoms with van der Waals surface area (Å²) in [5, 5.41) is 2.25. The number of aromatic nitrogens is 2. The van der Waals surface area contributed by atoms with Crippen LogP contribution in [0.3, 0.4) is 0 Å². The third-order valence-electron chi connectivity index (χ3n) is 4.73. The van der Waals surface area contributed by atoms with E-state index in [1.54, 1.807) is 0 Å². The van der Waals surface area contributed by atoms with Gasteiger partial charge in [0.1, 0.15) is 0 Å². The van der Waals surface area contributed by atoms with Crippen molar-refractivity contribution in [2.45, 2.75) is 0 Å². The molecule has 0 fully saturated rings. The summed E-state index contributed by atoms with van der Waals surface area (Å²) in [6.07, 6.45) is 0. The minimum Gasteiger partial charge on any atom is -0.245 e. The Kier molecular flexibility index (Phi) is 4.09. The highest BCUT2D eigenvalue weighted by Gasteiger charge is 2.11. The molecule has 0 amide bonds. The highest BCUT2D eigenvalue weighted by atomic mass is 127. The maximum atomic E-state index is 5.00. The molecule has 27 heavy (non-hydrogen) atoms. The molecule has 0 unspecified atom stereocenters. The van der Waals surface area contributed by atoms with E-state index in [-0.39, 0.29) is 0 Å². The van der Waals surface area contributed by atoms with Gasteiger partial charge in [0.25, 0.3) is 0 Å². The van der Waals surface area contributed by atoms with Crippen LogP contribution in [0.25, 0.3) is 44.3 Å². The molecule has 3 aromatic carbocycles. The molecule has 3 heteroatoms. The first-order chi connectivity index (χ1) is 13.3. The zero-order valence-electron chi connectivity index (χ0n) is 14.4. The van der Waals surface area contributed by atoms with Gasteiger partial charge in [-0.1, -0.05) is 78.9 Å². The molecule has 2 aromatic heterocycles. The second kappa shape index (κ2) is 6.74. The lowest BCUT2D eigenvalue weighted by atomic mass is 10.1. The highest BCUT2D eigenvalue weighted by molar-refractivity contribution is 14.1. The number of nitrogens with zero attached hydrogens (tertiary/aromatic N) is 2. The molecule has 0 aliphatic heterocycles. The number of fused-ring (bicyclic) bond motifs is 3. The normalized spacial score (nSPS) is 11.1. The van der Waals surface area contributed by atoms with Crippen molar-refractivity contribution < 1.29 is 0 Å². The van der Waals surface area contributed by atoms with Crippen LogP contribution in [0.4, 0.5) is 0 Å². The largest absolute Gasteiger partial charge is 0.245 e. The lowest BCUT2D eigenvalue weighted by molar-refractivity contribution is 1.36. The quantitative estimate of drug-likeness (QED) is 0.217. The van der Waals surface area contributed by atoms with E-state index in [1.807, 2.05) is 36.4 Å². The van der Waals surface area contributed by atoms with Crippen LogP contribution in [0.1, 0.15) is 0 Å². The molecule has 5 aromatic rings. The van der Waals surface area contributed by atoms with Gasteiger partial charge < -0.3 is 0 Å². The highest BCUT2D eigenvalue weighted by Crippen LogP contribution is 2.31. The Bertz CT molecular complexity index is 1270. The summed E-state index contributed by atoms with van der Waals surface area (Å²) in [5.41, 5.74) is 6.09. The van der Waals surface area contributed by atoms with Crippen molar-refractivity contribution >= 4 is 44.4 Å². The Morgan fingerprint density at radius 1 is 0.556 bits per heavy atom. The van der Waals surface area contributed by atoms with Crippen molar-refractivity contribution in [3.8, 4) is 22.5 Å². The van der Waals surface area contributed by atoms with Gasteiger partial charge in [-0.15, -0.1) is 0 Å². The minimum atomic E-state index is 0.949. The van der Waals surface area contributed by atoms with E-state index in [2.05, 4.69) is 77.2 Å². The van der Waals surface area contributed by atoms with E-state index in [0.717, 1.165) is 44.3 Å². The van der Waals surface area contributed by atoms with Gasteiger partial charge in [-0.3, -0.25) is 0 Å². The van der Waals surface area contributed by atoms with E-state index >= 15 is 0 Å². The monoisotopic (exact) mass is 458 g/mol. The predicted octanol–water partition coefficient (Wildman–Crippen LogP) is 6.72. The summed E-state index contributed by atoms with van der Waals surface area (Å²) < 4.78 is 1.19. The van der Waals surface area contributed by atoms with Gasteiger partial charge >= 0.3 is 0 Å². The Labute approximate surface area is 171 Å². The fourth-order valence-electron chi connectivity index (χ4n) is 3.36. The van der Waals surface area contributed by atoms with Gasteiger partial charge in [-0.2, -0.15) is 0 Å². The Hall–Kier alpha value is -2.79. The van der Waals surface area contributed by atoms with Crippen LogP contribution in [0.2, 0.25) is 0 Å². The first-order valence-electron chi connectivity index (χ1n) is 8.80. The zero-order valence-corrected chi connectivity index (χ0v) is 16.6. The van der Waals surface area contributed by atoms with Crippen molar-refractivity contribution in [2.75, 3.05) is 0 Å². The van der Waals surface area contributed by atoms with Crippen LogP contribution in [0.15, 0.2) is 91.0 Å². The summed E-state index contributed by atoms with van der Waals surface area (Å²) in [7, 11) is 0.